The third-order valence-electron chi connectivity index (χ3n) is 7.17. The van der Waals surface area contributed by atoms with Crippen LogP contribution in [0.5, 0.6) is 0 Å². The normalized spacial score (nSPS) is 14.3. The standard InChI is InChI=1S/C31H29Cl2N5O2/c1-19(2)14-26-34-29(37-10-5-11-38(13-12-37)31(39)23-16-24(32)18-25(33)17-23)27-28(36-40-30(27)35-26)22-9-8-20-6-3-4-7-21(20)15-22/h3-4,6-9,15-19H,5,10-14H2,1-2H3. The zero-order chi connectivity index (χ0) is 27.8. The van der Waals surface area contributed by atoms with Crippen molar-refractivity contribution in [2.75, 3.05) is 31.1 Å². The molecule has 5 aromatic rings. The van der Waals surface area contributed by atoms with E-state index in [1.807, 2.05) is 17.0 Å². The number of benzene rings is 3. The van der Waals surface area contributed by atoms with E-state index in [1.165, 1.54) is 0 Å². The van der Waals surface area contributed by atoms with Crippen molar-refractivity contribution in [3.05, 3.63) is 82.1 Å². The van der Waals surface area contributed by atoms with E-state index >= 15 is 0 Å². The zero-order valence-corrected chi connectivity index (χ0v) is 23.9. The third kappa shape index (κ3) is 5.36. The zero-order valence-electron chi connectivity index (χ0n) is 22.4. The van der Waals surface area contributed by atoms with Crippen LogP contribution in [0.25, 0.3) is 33.1 Å². The summed E-state index contributed by atoms with van der Waals surface area (Å²) in [6.07, 6.45) is 1.50. The van der Waals surface area contributed by atoms with Gasteiger partial charge in [0.1, 0.15) is 22.7 Å². The van der Waals surface area contributed by atoms with Crippen LogP contribution in [0.2, 0.25) is 10.0 Å². The Morgan fingerprint density at radius 1 is 0.925 bits per heavy atom. The molecule has 1 saturated heterocycles. The van der Waals surface area contributed by atoms with Gasteiger partial charge in [0.2, 0.25) is 0 Å². The SMILES string of the molecule is CC(C)Cc1nc(N2CCCN(C(=O)c3cc(Cl)cc(Cl)c3)CC2)c2c(-c3ccc4ccccc4c3)noc2n1. The van der Waals surface area contributed by atoms with Crippen LogP contribution in [0.15, 0.2) is 65.2 Å². The minimum Gasteiger partial charge on any atom is -0.354 e. The van der Waals surface area contributed by atoms with Gasteiger partial charge in [0.25, 0.3) is 11.6 Å². The van der Waals surface area contributed by atoms with Crippen LogP contribution in [-0.4, -0.2) is 52.1 Å². The lowest BCUT2D eigenvalue weighted by molar-refractivity contribution is 0.0767. The third-order valence-corrected chi connectivity index (χ3v) is 7.61. The highest BCUT2D eigenvalue weighted by molar-refractivity contribution is 6.35. The summed E-state index contributed by atoms with van der Waals surface area (Å²) >= 11 is 12.3. The van der Waals surface area contributed by atoms with Gasteiger partial charge in [-0.3, -0.25) is 4.79 Å². The molecule has 1 aliphatic rings. The summed E-state index contributed by atoms with van der Waals surface area (Å²) in [5.41, 5.74) is 2.64. The Bertz CT molecular complexity index is 1700. The van der Waals surface area contributed by atoms with Crippen molar-refractivity contribution in [1.29, 1.82) is 0 Å². The molecule has 3 heterocycles. The summed E-state index contributed by atoms with van der Waals surface area (Å²) in [5, 5.41) is 8.45. The van der Waals surface area contributed by atoms with Crippen LogP contribution in [-0.2, 0) is 6.42 Å². The number of carbonyl (C=O) groups is 1. The Morgan fingerprint density at radius 2 is 1.70 bits per heavy atom. The van der Waals surface area contributed by atoms with Crippen molar-refractivity contribution >= 4 is 56.8 Å². The number of aromatic nitrogens is 3. The number of nitrogens with zero attached hydrogens (tertiary/aromatic N) is 5. The lowest BCUT2D eigenvalue weighted by Gasteiger charge is -2.24. The first-order valence-electron chi connectivity index (χ1n) is 13.5. The highest BCUT2D eigenvalue weighted by atomic mass is 35.5. The fourth-order valence-corrected chi connectivity index (χ4v) is 5.82. The van der Waals surface area contributed by atoms with Crippen molar-refractivity contribution in [3.63, 3.8) is 0 Å². The second-order valence-electron chi connectivity index (χ2n) is 10.6. The first-order valence-corrected chi connectivity index (χ1v) is 14.3. The molecule has 1 aliphatic heterocycles. The molecule has 2 aromatic heterocycles. The number of hydrogen-bond donors (Lipinski definition) is 0. The van der Waals surface area contributed by atoms with Gasteiger partial charge in [0.05, 0.1) is 0 Å². The first-order chi connectivity index (χ1) is 19.4. The van der Waals surface area contributed by atoms with Crippen molar-refractivity contribution in [2.24, 2.45) is 5.92 Å². The minimum atomic E-state index is -0.0820. The fraction of sp³-hybridized carbons (Fsp3) is 0.290. The van der Waals surface area contributed by atoms with Crippen molar-refractivity contribution in [1.82, 2.24) is 20.0 Å². The molecular weight excluding hydrogens is 545 g/mol. The molecule has 0 unspecified atom stereocenters. The Labute approximate surface area is 242 Å². The van der Waals surface area contributed by atoms with E-state index in [9.17, 15) is 4.79 Å². The molecule has 1 fully saturated rings. The van der Waals surface area contributed by atoms with E-state index < -0.39 is 0 Å². The summed E-state index contributed by atoms with van der Waals surface area (Å²) in [7, 11) is 0. The lowest BCUT2D eigenvalue weighted by atomic mass is 10.0. The molecular formula is C31H29Cl2N5O2. The molecule has 40 heavy (non-hydrogen) atoms. The largest absolute Gasteiger partial charge is 0.354 e. The van der Waals surface area contributed by atoms with Gasteiger partial charge in [-0.25, -0.2) is 4.98 Å². The van der Waals surface area contributed by atoms with Gasteiger partial charge in [-0.1, -0.05) is 78.6 Å². The van der Waals surface area contributed by atoms with Crippen LogP contribution < -0.4 is 4.90 Å². The van der Waals surface area contributed by atoms with Crippen LogP contribution in [0.1, 0.15) is 36.5 Å². The molecule has 0 radical (unpaired) electrons. The molecule has 9 heteroatoms. The van der Waals surface area contributed by atoms with Crippen LogP contribution >= 0.6 is 23.2 Å². The van der Waals surface area contributed by atoms with Crippen molar-refractivity contribution in [3.8, 4) is 11.3 Å². The lowest BCUT2D eigenvalue weighted by Crippen LogP contribution is -2.35. The number of halogens is 2. The highest BCUT2D eigenvalue weighted by Gasteiger charge is 2.26. The number of anilines is 1. The smallest absolute Gasteiger partial charge is 0.263 e. The first kappa shape index (κ1) is 26.5. The predicted molar refractivity (Wildman–Crippen MR) is 160 cm³/mol. The van der Waals surface area contributed by atoms with E-state index in [2.05, 4.69) is 54.2 Å². The molecule has 3 aromatic carbocycles. The van der Waals surface area contributed by atoms with Crippen LogP contribution in [0.3, 0.4) is 0 Å². The summed E-state index contributed by atoms with van der Waals surface area (Å²) < 4.78 is 5.82. The molecule has 204 valence electrons. The number of carbonyl (C=O) groups excluding carboxylic acids is 1. The van der Waals surface area contributed by atoms with E-state index in [0.717, 1.165) is 58.4 Å². The Morgan fingerprint density at radius 3 is 2.48 bits per heavy atom. The Hall–Kier alpha value is -3.68. The average molecular weight is 575 g/mol. The topological polar surface area (TPSA) is 75.4 Å². The van der Waals surface area contributed by atoms with Gasteiger partial charge in [-0.2, -0.15) is 4.98 Å². The minimum absolute atomic E-state index is 0.0820. The van der Waals surface area contributed by atoms with Crippen LogP contribution in [0.4, 0.5) is 5.82 Å². The maximum atomic E-state index is 13.3. The van der Waals surface area contributed by atoms with E-state index in [0.29, 0.717) is 46.9 Å². The van der Waals surface area contributed by atoms with Gasteiger partial charge < -0.3 is 14.3 Å². The molecule has 6 rings (SSSR count). The number of hydrogen-bond acceptors (Lipinski definition) is 6. The Kier molecular flexibility index (Phi) is 7.34. The molecule has 0 aliphatic carbocycles. The van der Waals surface area contributed by atoms with Gasteiger partial charge >= 0.3 is 0 Å². The molecule has 0 atom stereocenters. The molecule has 0 bridgehead atoms. The number of rotatable bonds is 5. The fourth-order valence-electron chi connectivity index (χ4n) is 5.29. The summed E-state index contributed by atoms with van der Waals surface area (Å²) in [5.74, 6) is 1.82. The van der Waals surface area contributed by atoms with Crippen LogP contribution in [0, 0.1) is 5.92 Å². The van der Waals surface area contributed by atoms with Gasteiger partial charge in [0.15, 0.2) is 0 Å². The number of fused-ring (bicyclic) bond motifs is 2. The monoisotopic (exact) mass is 573 g/mol. The highest BCUT2D eigenvalue weighted by Crippen LogP contribution is 2.36. The molecule has 7 nitrogen and oxygen atoms in total. The van der Waals surface area contributed by atoms with Gasteiger partial charge in [-0.05, 0) is 47.4 Å². The maximum Gasteiger partial charge on any atom is 0.263 e. The van der Waals surface area contributed by atoms with Gasteiger partial charge in [-0.15, -0.1) is 0 Å². The maximum absolute atomic E-state index is 13.3. The Balaban J connectivity index is 1.37. The molecule has 0 saturated carbocycles. The van der Waals surface area contributed by atoms with Gasteiger partial charge in [0, 0.05) is 53.8 Å². The molecule has 1 amide bonds. The van der Waals surface area contributed by atoms with E-state index in [4.69, 9.17) is 37.7 Å². The average Bonchev–Trinajstić information content (AvgIpc) is 3.20. The van der Waals surface area contributed by atoms with Crippen molar-refractivity contribution in [2.45, 2.75) is 26.7 Å². The predicted octanol–water partition coefficient (Wildman–Crippen LogP) is 7.30. The molecule has 0 N–H and O–H groups in total. The summed E-state index contributed by atoms with van der Waals surface area (Å²) in [4.78, 5) is 27.2. The quantitative estimate of drug-likeness (QED) is 0.219. The summed E-state index contributed by atoms with van der Waals surface area (Å²) in [6.45, 7) is 6.78. The van der Waals surface area contributed by atoms with Crippen molar-refractivity contribution < 1.29 is 9.32 Å². The second kappa shape index (κ2) is 11.1. The molecule has 0 spiro atoms. The second-order valence-corrected chi connectivity index (χ2v) is 11.5. The summed E-state index contributed by atoms with van der Waals surface area (Å²) in [6, 6.07) is 19.5. The van der Waals surface area contributed by atoms with E-state index in [-0.39, 0.29) is 5.91 Å². The van der Waals surface area contributed by atoms with E-state index in [1.54, 1.807) is 18.2 Å². The number of amides is 1.